The molecule has 2 aliphatic carbocycles. The molecule has 2 aliphatic rings. The molecular weight excluding hydrogens is 252 g/mol. The SMILES string of the molecule is COCCN(CCOC)CC1(CNC2CC2)CCCC1. The van der Waals surface area contributed by atoms with Gasteiger partial charge in [0, 0.05) is 46.4 Å². The smallest absolute Gasteiger partial charge is 0.0589 e. The molecule has 0 aromatic rings. The average molecular weight is 284 g/mol. The Kier molecular flexibility index (Phi) is 6.75. The molecule has 0 spiro atoms. The highest BCUT2D eigenvalue weighted by molar-refractivity contribution is 4.92. The van der Waals surface area contributed by atoms with Crippen LogP contribution in [-0.4, -0.2) is 64.6 Å². The molecule has 0 heterocycles. The summed E-state index contributed by atoms with van der Waals surface area (Å²) in [6.45, 7) is 6.06. The zero-order chi connectivity index (χ0) is 14.3. The summed E-state index contributed by atoms with van der Waals surface area (Å²) >= 11 is 0. The van der Waals surface area contributed by atoms with Gasteiger partial charge >= 0.3 is 0 Å². The number of nitrogens with one attached hydrogen (secondary N) is 1. The zero-order valence-electron chi connectivity index (χ0n) is 13.3. The van der Waals surface area contributed by atoms with E-state index in [9.17, 15) is 0 Å². The van der Waals surface area contributed by atoms with Crippen molar-refractivity contribution in [1.29, 1.82) is 0 Å². The summed E-state index contributed by atoms with van der Waals surface area (Å²) in [6.07, 6.45) is 8.32. The molecule has 0 radical (unpaired) electrons. The fourth-order valence-corrected chi connectivity index (χ4v) is 3.35. The fourth-order valence-electron chi connectivity index (χ4n) is 3.35. The number of methoxy groups -OCH3 is 2. The molecule has 4 nitrogen and oxygen atoms in total. The third-order valence-corrected chi connectivity index (χ3v) is 4.79. The van der Waals surface area contributed by atoms with Crippen molar-refractivity contribution in [2.75, 3.05) is 53.6 Å². The predicted molar refractivity (Wildman–Crippen MR) is 82.1 cm³/mol. The van der Waals surface area contributed by atoms with Gasteiger partial charge in [0.05, 0.1) is 13.2 Å². The number of nitrogens with zero attached hydrogens (tertiary/aromatic N) is 1. The van der Waals surface area contributed by atoms with E-state index in [1.165, 1.54) is 51.6 Å². The van der Waals surface area contributed by atoms with Gasteiger partial charge in [0.15, 0.2) is 0 Å². The van der Waals surface area contributed by atoms with Crippen LogP contribution in [0.15, 0.2) is 0 Å². The van der Waals surface area contributed by atoms with Gasteiger partial charge in [-0.25, -0.2) is 0 Å². The summed E-state index contributed by atoms with van der Waals surface area (Å²) in [7, 11) is 3.57. The van der Waals surface area contributed by atoms with Crippen LogP contribution in [0.5, 0.6) is 0 Å². The van der Waals surface area contributed by atoms with Gasteiger partial charge in [0.1, 0.15) is 0 Å². The van der Waals surface area contributed by atoms with Crippen LogP contribution in [0.25, 0.3) is 0 Å². The lowest BCUT2D eigenvalue weighted by molar-refractivity contribution is 0.0793. The first-order valence-electron chi connectivity index (χ1n) is 8.22. The molecule has 2 fully saturated rings. The molecule has 0 unspecified atom stereocenters. The highest BCUT2D eigenvalue weighted by Crippen LogP contribution is 2.39. The Balaban J connectivity index is 1.84. The lowest BCUT2D eigenvalue weighted by Crippen LogP contribution is -2.45. The van der Waals surface area contributed by atoms with Crippen LogP contribution in [0.3, 0.4) is 0 Å². The Morgan fingerprint density at radius 2 is 1.65 bits per heavy atom. The van der Waals surface area contributed by atoms with Gasteiger partial charge in [-0.15, -0.1) is 0 Å². The second-order valence-electron chi connectivity index (χ2n) is 6.62. The summed E-state index contributed by atoms with van der Waals surface area (Å²) < 4.78 is 10.5. The van der Waals surface area contributed by atoms with Crippen molar-refractivity contribution in [2.45, 2.75) is 44.6 Å². The van der Waals surface area contributed by atoms with Gasteiger partial charge in [-0.1, -0.05) is 12.8 Å². The average Bonchev–Trinajstić information content (AvgIpc) is 3.19. The Morgan fingerprint density at radius 1 is 1.05 bits per heavy atom. The largest absolute Gasteiger partial charge is 0.383 e. The second-order valence-corrected chi connectivity index (χ2v) is 6.62. The van der Waals surface area contributed by atoms with Gasteiger partial charge in [-0.05, 0) is 31.1 Å². The Labute approximate surface area is 124 Å². The predicted octanol–water partition coefficient (Wildman–Crippen LogP) is 1.89. The molecule has 4 heteroatoms. The van der Waals surface area contributed by atoms with Crippen molar-refractivity contribution in [2.24, 2.45) is 5.41 Å². The molecule has 0 bridgehead atoms. The molecule has 20 heavy (non-hydrogen) atoms. The van der Waals surface area contributed by atoms with Gasteiger partial charge in [-0.3, -0.25) is 4.90 Å². The number of hydrogen-bond donors (Lipinski definition) is 1. The molecule has 118 valence electrons. The van der Waals surface area contributed by atoms with Crippen LogP contribution < -0.4 is 5.32 Å². The van der Waals surface area contributed by atoms with E-state index < -0.39 is 0 Å². The molecule has 0 amide bonds. The first kappa shape index (κ1) is 16.2. The van der Waals surface area contributed by atoms with Crippen LogP contribution in [0.4, 0.5) is 0 Å². The van der Waals surface area contributed by atoms with E-state index >= 15 is 0 Å². The fraction of sp³-hybridized carbons (Fsp3) is 1.00. The summed E-state index contributed by atoms with van der Waals surface area (Å²) in [5.41, 5.74) is 0.490. The maximum atomic E-state index is 5.26. The van der Waals surface area contributed by atoms with E-state index in [-0.39, 0.29) is 0 Å². The first-order chi connectivity index (χ1) is 9.78. The lowest BCUT2D eigenvalue weighted by atomic mass is 9.85. The molecule has 0 atom stereocenters. The van der Waals surface area contributed by atoms with Gasteiger partial charge in [0.2, 0.25) is 0 Å². The Hall–Kier alpha value is -0.160. The highest BCUT2D eigenvalue weighted by atomic mass is 16.5. The summed E-state index contributed by atoms with van der Waals surface area (Å²) in [5.74, 6) is 0. The van der Waals surface area contributed by atoms with Crippen molar-refractivity contribution in [3.63, 3.8) is 0 Å². The van der Waals surface area contributed by atoms with Crippen molar-refractivity contribution in [3.8, 4) is 0 Å². The molecule has 0 saturated heterocycles. The van der Waals surface area contributed by atoms with E-state index in [2.05, 4.69) is 10.2 Å². The molecule has 0 aromatic heterocycles. The summed E-state index contributed by atoms with van der Waals surface area (Å²) in [6, 6.07) is 0.818. The van der Waals surface area contributed by atoms with Crippen LogP contribution in [0, 0.1) is 5.41 Å². The van der Waals surface area contributed by atoms with Gasteiger partial charge < -0.3 is 14.8 Å². The number of hydrogen-bond acceptors (Lipinski definition) is 4. The van der Waals surface area contributed by atoms with Gasteiger partial charge in [0.25, 0.3) is 0 Å². The van der Waals surface area contributed by atoms with E-state index in [0.29, 0.717) is 5.41 Å². The molecule has 0 aromatic carbocycles. The van der Waals surface area contributed by atoms with Crippen LogP contribution >= 0.6 is 0 Å². The van der Waals surface area contributed by atoms with Crippen molar-refractivity contribution >= 4 is 0 Å². The minimum absolute atomic E-state index is 0.490. The molecule has 2 rings (SSSR count). The first-order valence-corrected chi connectivity index (χ1v) is 8.22. The lowest BCUT2D eigenvalue weighted by Gasteiger charge is -2.35. The molecular formula is C16H32N2O2. The minimum Gasteiger partial charge on any atom is -0.383 e. The minimum atomic E-state index is 0.490. The van der Waals surface area contributed by atoms with Crippen molar-refractivity contribution in [1.82, 2.24) is 10.2 Å². The third-order valence-electron chi connectivity index (χ3n) is 4.79. The number of ether oxygens (including phenoxy) is 2. The topological polar surface area (TPSA) is 33.7 Å². The van der Waals surface area contributed by atoms with E-state index in [0.717, 1.165) is 32.3 Å². The monoisotopic (exact) mass is 284 g/mol. The molecule has 2 saturated carbocycles. The van der Waals surface area contributed by atoms with Gasteiger partial charge in [-0.2, -0.15) is 0 Å². The second kappa shape index (κ2) is 8.32. The van der Waals surface area contributed by atoms with Crippen molar-refractivity contribution in [3.05, 3.63) is 0 Å². The van der Waals surface area contributed by atoms with E-state index in [4.69, 9.17) is 9.47 Å². The van der Waals surface area contributed by atoms with E-state index in [1.54, 1.807) is 14.2 Å². The maximum Gasteiger partial charge on any atom is 0.0589 e. The summed E-state index contributed by atoms with van der Waals surface area (Å²) in [5, 5.41) is 3.77. The molecule has 1 N–H and O–H groups in total. The standard InChI is InChI=1S/C16H32N2O2/c1-19-11-9-18(10-12-20-2)14-16(7-3-4-8-16)13-17-15-5-6-15/h15,17H,3-14H2,1-2H3. The number of rotatable bonds is 11. The highest BCUT2D eigenvalue weighted by Gasteiger charge is 2.36. The van der Waals surface area contributed by atoms with Crippen molar-refractivity contribution < 1.29 is 9.47 Å². The maximum absolute atomic E-state index is 5.26. The quantitative estimate of drug-likeness (QED) is 0.628. The van der Waals surface area contributed by atoms with Crippen LogP contribution in [-0.2, 0) is 9.47 Å². The van der Waals surface area contributed by atoms with Crippen LogP contribution in [0.1, 0.15) is 38.5 Å². The van der Waals surface area contributed by atoms with Crippen LogP contribution in [0.2, 0.25) is 0 Å². The normalized spacial score (nSPS) is 21.8. The van der Waals surface area contributed by atoms with E-state index in [1.807, 2.05) is 0 Å². The summed E-state index contributed by atoms with van der Waals surface area (Å²) in [4.78, 5) is 2.53. The molecule has 0 aliphatic heterocycles. The Bertz CT molecular complexity index is 255. The third kappa shape index (κ3) is 5.32. The Morgan fingerprint density at radius 3 is 2.15 bits per heavy atom. The zero-order valence-corrected chi connectivity index (χ0v) is 13.3.